The predicted molar refractivity (Wildman–Crippen MR) is 65.0 cm³/mol. The van der Waals surface area contributed by atoms with Crippen molar-refractivity contribution < 1.29 is 0 Å². The maximum atomic E-state index is 3.70. The molecule has 0 amide bonds. The van der Waals surface area contributed by atoms with Gasteiger partial charge in [0.2, 0.25) is 0 Å². The molecule has 1 saturated heterocycles. The van der Waals surface area contributed by atoms with E-state index in [0.29, 0.717) is 10.8 Å². The standard InChI is InChI=1S/C13H26N2/c1-12(5-3-6-12)9-15-11-13(2)7-4-8-14-10-13/h14-15H,3-11H2,1-2H3. The molecule has 2 rings (SSSR count). The normalized spacial score (nSPS) is 34.8. The van der Waals surface area contributed by atoms with Gasteiger partial charge in [0.1, 0.15) is 0 Å². The summed E-state index contributed by atoms with van der Waals surface area (Å²) in [6.45, 7) is 9.66. The van der Waals surface area contributed by atoms with Crippen LogP contribution in [-0.2, 0) is 0 Å². The van der Waals surface area contributed by atoms with Gasteiger partial charge < -0.3 is 10.6 Å². The van der Waals surface area contributed by atoms with Crippen molar-refractivity contribution in [1.29, 1.82) is 0 Å². The third-order valence-electron chi connectivity index (χ3n) is 4.35. The lowest BCUT2D eigenvalue weighted by Gasteiger charge is -2.41. The molecule has 0 radical (unpaired) electrons. The van der Waals surface area contributed by atoms with Crippen molar-refractivity contribution in [1.82, 2.24) is 10.6 Å². The summed E-state index contributed by atoms with van der Waals surface area (Å²) in [5.41, 5.74) is 1.12. The molecule has 1 aliphatic carbocycles. The van der Waals surface area contributed by atoms with Crippen molar-refractivity contribution in [3.8, 4) is 0 Å². The Morgan fingerprint density at radius 1 is 1.00 bits per heavy atom. The maximum absolute atomic E-state index is 3.70. The molecule has 1 atom stereocenters. The number of hydrogen-bond acceptors (Lipinski definition) is 2. The predicted octanol–water partition coefficient (Wildman–Crippen LogP) is 2.16. The zero-order chi connectivity index (χ0) is 10.8. The summed E-state index contributed by atoms with van der Waals surface area (Å²) in [7, 11) is 0. The van der Waals surface area contributed by atoms with Gasteiger partial charge in [-0.2, -0.15) is 0 Å². The van der Waals surface area contributed by atoms with Crippen LogP contribution in [0.4, 0.5) is 0 Å². The molecule has 2 fully saturated rings. The molecule has 0 bridgehead atoms. The Morgan fingerprint density at radius 2 is 1.67 bits per heavy atom. The second-order valence-corrected chi connectivity index (χ2v) is 6.36. The van der Waals surface area contributed by atoms with Crippen molar-refractivity contribution in [2.24, 2.45) is 10.8 Å². The fraction of sp³-hybridized carbons (Fsp3) is 1.00. The number of nitrogens with one attached hydrogen (secondary N) is 2. The van der Waals surface area contributed by atoms with Crippen LogP contribution in [-0.4, -0.2) is 26.2 Å². The van der Waals surface area contributed by atoms with Crippen LogP contribution in [0.2, 0.25) is 0 Å². The zero-order valence-corrected chi connectivity index (χ0v) is 10.4. The molecule has 15 heavy (non-hydrogen) atoms. The lowest BCUT2D eigenvalue weighted by Crippen LogP contribution is -2.47. The van der Waals surface area contributed by atoms with Crippen LogP contribution >= 0.6 is 0 Å². The third-order valence-corrected chi connectivity index (χ3v) is 4.35. The molecule has 1 saturated carbocycles. The van der Waals surface area contributed by atoms with E-state index in [0.717, 1.165) is 0 Å². The van der Waals surface area contributed by atoms with Gasteiger partial charge in [-0.15, -0.1) is 0 Å². The first-order chi connectivity index (χ1) is 7.12. The highest BCUT2D eigenvalue weighted by molar-refractivity contribution is 4.88. The van der Waals surface area contributed by atoms with Crippen molar-refractivity contribution >= 4 is 0 Å². The largest absolute Gasteiger partial charge is 0.316 e. The number of rotatable bonds is 4. The quantitative estimate of drug-likeness (QED) is 0.743. The Balaban J connectivity index is 1.67. The van der Waals surface area contributed by atoms with Gasteiger partial charge in [-0.05, 0) is 43.1 Å². The summed E-state index contributed by atoms with van der Waals surface area (Å²) in [6, 6.07) is 0. The molecule has 2 aliphatic rings. The summed E-state index contributed by atoms with van der Waals surface area (Å²) >= 11 is 0. The molecular formula is C13H26N2. The molecule has 2 nitrogen and oxygen atoms in total. The van der Waals surface area contributed by atoms with E-state index in [1.165, 1.54) is 58.3 Å². The summed E-state index contributed by atoms with van der Waals surface area (Å²) in [5, 5.41) is 7.21. The van der Waals surface area contributed by atoms with Crippen LogP contribution in [0.1, 0.15) is 46.0 Å². The molecule has 2 N–H and O–H groups in total. The van der Waals surface area contributed by atoms with Crippen LogP contribution in [0, 0.1) is 10.8 Å². The van der Waals surface area contributed by atoms with Gasteiger partial charge in [0, 0.05) is 19.6 Å². The van der Waals surface area contributed by atoms with Crippen LogP contribution < -0.4 is 10.6 Å². The van der Waals surface area contributed by atoms with E-state index in [1.54, 1.807) is 0 Å². The van der Waals surface area contributed by atoms with Crippen molar-refractivity contribution in [2.75, 3.05) is 26.2 Å². The Hall–Kier alpha value is -0.0800. The lowest BCUT2D eigenvalue weighted by atomic mass is 9.70. The van der Waals surface area contributed by atoms with Gasteiger partial charge in [0.15, 0.2) is 0 Å². The minimum Gasteiger partial charge on any atom is -0.316 e. The minimum atomic E-state index is 0.498. The average Bonchev–Trinajstić information content (AvgIpc) is 2.16. The van der Waals surface area contributed by atoms with Gasteiger partial charge in [-0.1, -0.05) is 20.3 Å². The summed E-state index contributed by atoms with van der Waals surface area (Å²) in [6.07, 6.45) is 7.01. The van der Waals surface area contributed by atoms with E-state index in [9.17, 15) is 0 Å². The van der Waals surface area contributed by atoms with Crippen LogP contribution in [0.25, 0.3) is 0 Å². The van der Waals surface area contributed by atoms with Crippen molar-refractivity contribution in [3.05, 3.63) is 0 Å². The highest BCUT2D eigenvalue weighted by atomic mass is 14.9. The summed E-state index contributed by atoms with van der Waals surface area (Å²) in [4.78, 5) is 0. The van der Waals surface area contributed by atoms with E-state index in [4.69, 9.17) is 0 Å². The molecule has 1 unspecified atom stereocenters. The molecule has 1 aliphatic heterocycles. The first-order valence-corrected chi connectivity index (χ1v) is 6.54. The van der Waals surface area contributed by atoms with E-state index < -0.39 is 0 Å². The zero-order valence-electron chi connectivity index (χ0n) is 10.4. The Bertz CT molecular complexity index is 203. The number of hydrogen-bond donors (Lipinski definition) is 2. The second-order valence-electron chi connectivity index (χ2n) is 6.36. The van der Waals surface area contributed by atoms with Gasteiger partial charge in [0.05, 0.1) is 0 Å². The highest BCUT2D eigenvalue weighted by Gasteiger charge is 2.32. The van der Waals surface area contributed by atoms with E-state index in [1.807, 2.05) is 0 Å². The molecule has 0 aromatic carbocycles. The molecule has 2 heteroatoms. The van der Waals surface area contributed by atoms with Gasteiger partial charge in [-0.3, -0.25) is 0 Å². The van der Waals surface area contributed by atoms with Crippen molar-refractivity contribution in [3.63, 3.8) is 0 Å². The van der Waals surface area contributed by atoms with Crippen LogP contribution in [0.3, 0.4) is 0 Å². The monoisotopic (exact) mass is 210 g/mol. The van der Waals surface area contributed by atoms with E-state index >= 15 is 0 Å². The molecular weight excluding hydrogens is 184 g/mol. The van der Waals surface area contributed by atoms with Gasteiger partial charge in [-0.25, -0.2) is 0 Å². The Morgan fingerprint density at radius 3 is 2.20 bits per heavy atom. The molecule has 0 spiro atoms. The lowest BCUT2D eigenvalue weighted by molar-refractivity contribution is 0.141. The van der Waals surface area contributed by atoms with Gasteiger partial charge >= 0.3 is 0 Å². The fourth-order valence-electron chi connectivity index (χ4n) is 2.89. The van der Waals surface area contributed by atoms with Crippen LogP contribution in [0.5, 0.6) is 0 Å². The highest BCUT2D eigenvalue weighted by Crippen LogP contribution is 2.39. The molecule has 0 aromatic heterocycles. The first-order valence-electron chi connectivity index (χ1n) is 6.54. The molecule has 88 valence electrons. The molecule has 1 heterocycles. The Labute approximate surface area is 94.2 Å². The second kappa shape index (κ2) is 4.42. The van der Waals surface area contributed by atoms with Crippen LogP contribution in [0.15, 0.2) is 0 Å². The maximum Gasteiger partial charge on any atom is 0.00176 e. The molecule has 0 aromatic rings. The minimum absolute atomic E-state index is 0.498. The summed E-state index contributed by atoms with van der Waals surface area (Å²) in [5.74, 6) is 0. The van der Waals surface area contributed by atoms with Gasteiger partial charge in [0.25, 0.3) is 0 Å². The topological polar surface area (TPSA) is 24.1 Å². The fourth-order valence-corrected chi connectivity index (χ4v) is 2.89. The number of piperidine rings is 1. The third kappa shape index (κ3) is 2.94. The van der Waals surface area contributed by atoms with Crippen molar-refractivity contribution in [2.45, 2.75) is 46.0 Å². The van der Waals surface area contributed by atoms with E-state index in [2.05, 4.69) is 24.5 Å². The summed E-state index contributed by atoms with van der Waals surface area (Å²) < 4.78 is 0. The first kappa shape index (κ1) is 11.4. The average molecular weight is 210 g/mol. The smallest absolute Gasteiger partial charge is 0.00176 e. The van der Waals surface area contributed by atoms with E-state index in [-0.39, 0.29) is 0 Å². The SMILES string of the molecule is CC1(CNCC2(C)CCCNC2)CCC1. The Kier molecular flexibility index (Phi) is 3.36.